The van der Waals surface area contributed by atoms with E-state index in [2.05, 4.69) is 30.1 Å². The van der Waals surface area contributed by atoms with Crippen molar-refractivity contribution in [3.05, 3.63) is 42.9 Å². The second kappa shape index (κ2) is 8.64. The first-order valence-electron chi connectivity index (χ1n) is 10.7. The molecule has 182 valence electrons. The summed E-state index contributed by atoms with van der Waals surface area (Å²) >= 11 is 0. The molecule has 1 aromatic carbocycles. The van der Waals surface area contributed by atoms with E-state index in [-0.39, 0.29) is 30.3 Å². The van der Waals surface area contributed by atoms with Crippen LogP contribution in [-0.2, 0) is 4.79 Å². The number of likely N-dealkylation sites (tertiary alicyclic amines) is 1. The quantitative estimate of drug-likeness (QED) is 0.438. The number of halogens is 4. The lowest BCUT2D eigenvalue weighted by Crippen LogP contribution is -2.49. The Kier molecular flexibility index (Phi) is 5.61. The molecule has 35 heavy (non-hydrogen) atoms. The van der Waals surface area contributed by atoms with E-state index in [9.17, 15) is 22.4 Å². The number of benzene rings is 1. The average Bonchev–Trinajstić information content (AvgIpc) is 3.23. The topological polar surface area (TPSA) is 97.5 Å². The molecule has 1 aliphatic heterocycles. The van der Waals surface area contributed by atoms with Crippen molar-refractivity contribution < 1.29 is 27.1 Å². The molecule has 4 heterocycles. The highest BCUT2D eigenvalue weighted by atomic mass is 19.4. The lowest BCUT2D eigenvalue weighted by atomic mass is 10.0. The molecule has 4 aromatic rings. The fourth-order valence-corrected chi connectivity index (χ4v) is 4.12. The maximum absolute atomic E-state index is 14.6. The van der Waals surface area contributed by atoms with Gasteiger partial charge in [0.1, 0.15) is 11.7 Å². The summed E-state index contributed by atoms with van der Waals surface area (Å²) in [4.78, 5) is 25.2. The molecular formula is C22H19F4N7O2. The van der Waals surface area contributed by atoms with E-state index in [4.69, 9.17) is 0 Å². The molecule has 1 saturated heterocycles. The number of fused-ring (bicyclic) bond motifs is 2. The molecule has 0 radical (unpaired) electrons. The van der Waals surface area contributed by atoms with Crippen molar-refractivity contribution in [2.75, 3.05) is 18.4 Å². The minimum absolute atomic E-state index is 0.0145. The first kappa shape index (κ1) is 22.7. The van der Waals surface area contributed by atoms with Gasteiger partial charge in [0, 0.05) is 37.6 Å². The number of amides is 1. The fraction of sp³-hybridized carbons (Fsp3) is 0.318. The van der Waals surface area contributed by atoms with Crippen LogP contribution in [0.4, 0.5) is 23.5 Å². The van der Waals surface area contributed by atoms with Crippen molar-refractivity contribution in [1.82, 2.24) is 29.5 Å². The number of nitrogens with zero attached hydrogens (tertiary/aromatic N) is 6. The second-order valence-corrected chi connectivity index (χ2v) is 8.09. The van der Waals surface area contributed by atoms with Gasteiger partial charge in [-0.05, 0) is 30.2 Å². The van der Waals surface area contributed by atoms with Gasteiger partial charge in [0.05, 0.1) is 23.6 Å². The maximum atomic E-state index is 14.6. The highest BCUT2D eigenvalue weighted by molar-refractivity contribution is 5.89. The smallest absolute Gasteiger partial charge is 0.385 e. The van der Waals surface area contributed by atoms with Crippen LogP contribution < -0.4 is 10.1 Å². The van der Waals surface area contributed by atoms with Gasteiger partial charge < -0.3 is 15.0 Å². The maximum Gasteiger partial charge on any atom is 0.574 e. The van der Waals surface area contributed by atoms with Crippen molar-refractivity contribution >= 4 is 28.4 Å². The number of carbonyl (C=O) groups excluding carboxylic acids is 1. The molecule has 3 aromatic heterocycles. The molecule has 13 heteroatoms. The van der Waals surface area contributed by atoms with Crippen molar-refractivity contribution in [3.63, 3.8) is 0 Å². The normalized spacial score (nSPS) is 18.7. The summed E-state index contributed by atoms with van der Waals surface area (Å²) < 4.78 is 59.9. The van der Waals surface area contributed by atoms with Crippen LogP contribution in [0.3, 0.4) is 0 Å². The zero-order valence-electron chi connectivity index (χ0n) is 18.3. The van der Waals surface area contributed by atoms with E-state index in [0.717, 1.165) is 0 Å². The van der Waals surface area contributed by atoms with E-state index >= 15 is 0 Å². The van der Waals surface area contributed by atoms with Gasteiger partial charge in [0.2, 0.25) is 11.9 Å². The van der Waals surface area contributed by atoms with Crippen molar-refractivity contribution in [1.29, 1.82) is 0 Å². The lowest BCUT2D eigenvalue weighted by Gasteiger charge is -2.34. The average molecular weight is 489 g/mol. The van der Waals surface area contributed by atoms with Gasteiger partial charge in [-0.3, -0.25) is 14.8 Å². The molecule has 0 spiro atoms. The number of alkyl halides is 4. The van der Waals surface area contributed by atoms with Crippen molar-refractivity contribution in [3.8, 4) is 17.0 Å². The van der Waals surface area contributed by atoms with Crippen LogP contribution in [0.2, 0.25) is 0 Å². The first-order chi connectivity index (χ1) is 16.7. The first-order valence-corrected chi connectivity index (χ1v) is 10.7. The third kappa shape index (κ3) is 4.66. The molecule has 1 amide bonds. The minimum Gasteiger partial charge on any atom is -0.385 e. The van der Waals surface area contributed by atoms with E-state index in [1.807, 2.05) is 0 Å². The second-order valence-electron chi connectivity index (χ2n) is 8.09. The van der Waals surface area contributed by atoms with E-state index in [0.29, 0.717) is 28.7 Å². The summed E-state index contributed by atoms with van der Waals surface area (Å²) in [5.74, 6) is -1.21. The Bertz CT molecular complexity index is 1410. The highest BCUT2D eigenvalue weighted by Gasteiger charge is 2.35. The Morgan fingerprint density at radius 3 is 2.66 bits per heavy atom. The third-order valence-electron chi connectivity index (χ3n) is 5.77. The molecule has 5 rings (SSSR count). The van der Waals surface area contributed by atoms with E-state index in [1.165, 1.54) is 28.7 Å². The van der Waals surface area contributed by atoms with Gasteiger partial charge in [-0.25, -0.2) is 8.91 Å². The molecule has 1 N–H and O–H groups in total. The number of aromatic nitrogens is 5. The summed E-state index contributed by atoms with van der Waals surface area (Å²) in [5.41, 5.74) is 2.14. The van der Waals surface area contributed by atoms with Gasteiger partial charge >= 0.3 is 6.36 Å². The zero-order chi connectivity index (χ0) is 24.7. The van der Waals surface area contributed by atoms with Crippen molar-refractivity contribution in [2.45, 2.75) is 31.9 Å². The number of carbonyl (C=O) groups is 1. The van der Waals surface area contributed by atoms with E-state index < -0.39 is 24.5 Å². The number of hydrogen-bond donors (Lipinski definition) is 1. The monoisotopic (exact) mass is 489 g/mol. The third-order valence-corrected chi connectivity index (χ3v) is 5.77. The summed E-state index contributed by atoms with van der Waals surface area (Å²) in [5, 5.41) is 6.99. The predicted octanol–water partition coefficient (Wildman–Crippen LogP) is 3.61. The summed E-state index contributed by atoms with van der Waals surface area (Å²) in [6.45, 7) is 1.53. The van der Waals surface area contributed by atoms with Crippen LogP contribution in [0.5, 0.6) is 5.88 Å². The van der Waals surface area contributed by atoms with Gasteiger partial charge in [-0.15, -0.1) is 18.3 Å². The van der Waals surface area contributed by atoms with Gasteiger partial charge in [0.15, 0.2) is 0 Å². The number of hydrogen-bond acceptors (Lipinski definition) is 7. The van der Waals surface area contributed by atoms with Crippen LogP contribution in [0, 0.1) is 0 Å². The fourth-order valence-electron chi connectivity index (χ4n) is 4.12. The Balaban J connectivity index is 1.53. The largest absolute Gasteiger partial charge is 0.574 e. The molecule has 0 aliphatic carbocycles. The molecule has 1 fully saturated rings. The summed E-state index contributed by atoms with van der Waals surface area (Å²) in [6.07, 6.45) is -1.70. The molecule has 0 unspecified atom stereocenters. The van der Waals surface area contributed by atoms with Crippen LogP contribution in [0.1, 0.15) is 13.3 Å². The Morgan fingerprint density at radius 1 is 1.17 bits per heavy atom. The molecule has 9 nitrogen and oxygen atoms in total. The van der Waals surface area contributed by atoms with Gasteiger partial charge in [-0.2, -0.15) is 4.98 Å². The predicted molar refractivity (Wildman–Crippen MR) is 117 cm³/mol. The van der Waals surface area contributed by atoms with Crippen molar-refractivity contribution in [2.24, 2.45) is 0 Å². The zero-order valence-corrected chi connectivity index (χ0v) is 18.3. The molecule has 1 aliphatic rings. The molecular weight excluding hydrogens is 470 g/mol. The lowest BCUT2D eigenvalue weighted by molar-refractivity contribution is -0.275. The number of ether oxygens (including phenoxy) is 1. The SMILES string of the molecule is CC(=O)N1CC[C@H](Nc2nc(OC(F)(F)F)c3c(-c4ccc5nccnc5c4)ccn3n2)[C@H](F)C1. The molecule has 0 saturated carbocycles. The highest BCUT2D eigenvalue weighted by Crippen LogP contribution is 2.35. The Labute approximate surface area is 195 Å². The van der Waals surface area contributed by atoms with Crippen LogP contribution in [-0.4, -0.2) is 67.0 Å². The summed E-state index contributed by atoms with van der Waals surface area (Å²) in [7, 11) is 0. The number of piperidine rings is 1. The number of rotatable bonds is 4. The van der Waals surface area contributed by atoms with Gasteiger partial charge in [-0.1, -0.05) is 6.07 Å². The number of nitrogens with one attached hydrogen (secondary N) is 1. The summed E-state index contributed by atoms with van der Waals surface area (Å²) in [6, 6.07) is 5.90. The standard InChI is InChI=1S/C22H19F4N7O2/c1-12(34)32-8-5-16(15(23)11-32)29-21-30-20(35-22(24,25)26)19-14(4-9-33(19)31-21)13-2-3-17-18(10-13)28-7-6-27-17/h2-4,6-7,9-10,15-16H,5,8,11H2,1H3,(H,29,31)/t15-,16+/m1/s1. The Hall–Kier alpha value is -4.03. The molecule has 0 bridgehead atoms. The minimum atomic E-state index is -5.02. The van der Waals surface area contributed by atoms with Crippen LogP contribution in [0.15, 0.2) is 42.9 Å². The van der Waals surface area contributed by atoms with Gasteiger partial charge in [0.25, 0.3) is 5.88 Å². The van der Waals surface area contributed by atoms with Crippen LogP contribution >= 0.6 is 0 Å². The van der Waals surface area contributed by atoms with E-state index in [1.54, 1.807) is 30.5 Å². The molecule has 2 atom stereocenters. The number of anilines is 1. The Morgan fingerprint density at radius 2 is 1.94 bits per heavy atom. The van der Waals surface area contributed by atoms with Crippen LogP contribution in [0.25, 0.3) is 27.7 Å².